The van der Waals surface area contributed by atoms with Crippen molar-refractivity contribution in [3.05, 3.63) is 29.9 Å². The maximum atomic E-state index is 7.30. The Morgan fingerprint density at radius 1 is 1.60 bits per heavy atom. The highest BCUT2D eigenvalue weighted by Gasteiger charge is 1.89. The van der Waals surface area contributed by atoms with E-state index in [-0.39, 0.29) is 5.11 Å². The van der Waals surface area contributed by atoms with Gasteiger partial charge in [-0.05, 0) is 24.4 Å². The van der Waals surface area contributed by atoms with Crippen LogP contribution < -0.4 is 11.2 Å². The van der Waals surface area contributed by atoms with Gasteiger partial charge in [-0.1, -0.05) is 6.07 Å². The first-order valence-electron chi connectivity index (χ1n) is 2.74. The van der Waals surface area contributed by atoms with Crippen molar-refractivity contribution in [2.75, 3.05) is 0 Å². The monoisotopic (exact) mass is 153 g/mol. The highest BCUT2D eigenvalue weighted by Crippen LogP contribution is 1.78. The van der Waals surface area contributed by atoms with Gasteiger partial charge in [0.1, 0.15) is 5.49 Å². The van der Waals surface area contributed by atoms with E-state index < -0.39 is 0 Å². The number of aromatic nitrogens is 1. The van der Waals surface area contributed by atoms with Gasteiger partial charge in [-0.3, -0.25) is 9.98 Å². The van der Waals surface area contributed by atoms with E-state index >= 15 is 0 Å². The number of nitrogens with zero attached hydrogens (tertiary/aromatic N) is 1. The van der Waals surface area contributed by atoms with Crippen molar-refractivity contribution < 1.29 is 0 Å². The van der Waals surface area contributed by atoms with E-state index in [0.29, 0.717) is 5.49 Å². The molecule has 0 amide bonds. The molecule has 0 bridgehead atoms. The normalized spacial score (nSPS) is 9.20. The molecule has 52 valence electrons. The molecule has 0 radical (unpaired) electrons. The summed E-state index contributed by atoms with van der Waals surface area (Å²) < 4.78 is 1.43. The summed E-state index contributed by atoms with van der Waals surface area (Å²) in [5.74, 6) is 0. The van der Waals surface area contributed by atoms with Crippen LogP contribution in [0.1, 0.15) is 0 Å². The molecule has 0 unspecified atom stereocenters. The summed E-state index contributed by atoms with van der Waals surface area (Å²) in [5, 5.41) is 7.50. The Kier molecular flexibility index (Phi) is 1.82. The van der Waals surface area contributed by atoms with Gasteiger partial charge in [-0.25, -0.2) is 0 Å². The molecule has 3 nitrogen and oxygen atoms in total. The number of hydrogen-bond acceptors (Lipinski definition) is 2. The summed E-state index contributed by atoms with van der Waals surface area (Å²) in [6.07, 6.45) is 1.66. The molecule has 0 fully saturated rings. The summed E-state index contributed by atoms with van der Waals surface area (Å²) in [7, 11) is 0. The molecule has 0 atom stereocenters. The van der Waals surface area contributed by atoms with E-state index in [9.17, 15) is 0 Å². The molecule has 4 heteroatoms. The van der Waals surface area contributed by atoms with Crippen molar-refractivity contribution in [2.24, 2.45) is 5.73 Å². The van der Waals surface area contributed by atoms with Gasteiger partial charge in [-0.15, -0.1) is 0 Å². The van der Waals surface area contributed by atoms with Crippen molar-refractivity contribution >= 4 is 17.3 Å². The summed E-state index contributed by atoms with van der Waals surface area (Å²) in [6.45, 7) is 0. The third-order valence-corrected chi connectivity index (χ3v) is 1.29. The van der Waals surface area contributed by atoms with Crippen LogP contribution in [0.3, 0.4) is 0 Å². The summed E-state index contributed by atoms with van der Waals surface area (Å²) in [5.41, 5.74) is 5.59. The minimum absolute atomic E-state index is 0.200. The van der Waals surface area contributed by atoms with Crippen molar-refractivity contribution in [2.45, 2.75) is 0 Å². The SMILES string of the molecule is N=c1ccccn1C(N)=S. The second-order valence-corrected chi connectivity index (χ2v) is 2.21. The molecule has 0 aliphatic rings. The molecular formula is C6H7N3S. The lowest BCUT2D eigenvalue weighted by Crippen LogP contribution is -2.30. The summed E-state index contributed by atoms with van der Waals surface area (Å²) in [4.78, 5) is 0. The average molecular weight is 153 g/mol. The van der Waals surface area contributed by atoms with E-state index in [1.54, 1.807) is 24.4 Å². The Balaban J connectivity index is 3.29. The zero-order valence-electron chi connectivity index (χ0n) is 5.24. The molecule has 1 aromatic heterocycles. The van der Waals surface area contributed by atoms with Crippen LogP contribution >= 0.6 is 12.2 Å². The van der Waals surface area contributed by atoms with Gasteiger partial charge in [0.25, 0.3) is 0 Å². The number of thiocarbonyl (C=S) groups is 1. The summed E-state index contributed by atoms with van der Waals surface area (Å²) in [6, 6.07) is 5.16. The smallest absolute Gasteiger partial charge is 0.176 e. The van der Waals surface area contributed by atoms with Crippen LogP contribution in [-0.4, -0.2) is 9.68 Å². The first-order valence-corrected chi connectivity index (χ1v) is 3.15. The lowest BCUT2D eigenvalue weighted by Gasteiger charge is -2.00. The molecule has 0 spiro atoms. The molecule has 10 heavy (non-hydrogen) atoms. The van der Waals surface area contributed by atoms with E-state index in [4.69, 9.17) is 11.1 Å². The largest absolute Gasteiger partial charge is 0.376 e. The lowest BCUT2D eigenvalue weighted by molar-refractivity contribution is 0.979. The van der Waals surface area contributed by atoms with Crippen molar-refractivity contribution in [1.29, 1.82) is 5.41 Å². The highest BCUT2D eigenvalue weighted by atomic mass is 32.1. The Morgan fingerprint density at radius 2 is 2.30 bits per heavy atom. The molecule has 1 heterocycles. The quantitative estimate of drug-likeness (QED) is 0.518. The van der Waals surface area contributed by atoms with Crippen LogP contribution in [0, 0.1) is 5.41 Å². The predicted molar refractivity (Wildman–Crippen MR) is 42.5 cm³/mol. The fourth-order valence-electron chi connectivity index (χ4n) is 0.635. The van der Waals surface area contributed by atoms with Crippen molar-refractivity contribution in [3.8, 4) is 0 Å². The minimum atomic E-state index is 0.200. The van der Waals surface area contributed by atoms with Crippen LogP contribution in [0.25, 0.3) is 0 Å². The standard InChI is InChI=1S/C6H7N3S/c7-5-3-1-2-4-9(5)6(8)10/h1-4,7H,(H2,8,10). The molecular weight excluding hydrogens is 146 g/mol. The number of hydrogen-bond donors (Lipinski definition) is 2. The van der Waals surface area contributed by atoms with Gasteiger partial charge in [0.05, 0.1) is 0 Å². The van der Waals surface area contributed by atoms with Crippen LogP contribution in [0.5, 0.6) is 0 Å². The predicted octanol–water partition coefficient (Wildman–Crippen LogP) is 0.0593. The van der Waals surface area contributed by atoms with E-state index in [1.807, 2.05) is 0 Å². The Bertz CT molecular complexity index is 302. The lowest BCUT2D eigenvalue weighted by atomic mass is 10.5. The van der Waals surface area contributed by atoms with Gasteiger partial charge >= 0.3 is 0 Å². The van der Waals surface area contributed by atoms with Gasteiger partial charge in [0, 0.05) is 6.20 Å². The molecule has 0 aliphatic heterocycles. The molecule has 3 N–H and O–H groups in total. The van der Waals surface area contributed by atoms with Crippen molar-refractivity contribution in [3.63, 3.8) is 0 Å². The second-order valence-electron chi connectivity index (χ2n) is 1.79. The van der Waals surface area contributed by atoms with Crippen molar-refractivity contribution in [1.82, 2.24) is 4.57 Å². The van der Waals surface area contributed by atoms with E-state index in [1.165, 1.54) is 4.57 Å². The zero-order valence-corrected chi connectivity index (χ0v) is 6.06. The molecule has 0 saturated carbocycles. The second kappa shape index (κ2) is 2.62. The molecule has 1 rings (SSSR count). The fraction of sp³-hybridized carbons (Fsp3) is 0. The fourth-order valence-corrected chi connectivity index (χ4v) is 0.794. The van der Waals surface area contributed by atoms with Crippen LogP contribution in [0.15, 0.2) is 24.4 Å². The third kappa shape index (κ3) is 1.22. The number of nitrogens with one attached hydrogen (secondary N) is 1. The topological polar surface area (TPSA) is 54.8 Å². The zero-order chi connectivity index (χ0) is 7.56. The van der Waals surface area contributed by atoms with Crippen LogP contribution in [0.2, 0.25) is 0 Å². The maximum Gasteiger partial charge on any atom is 0.176 e. The van der Waals surface area contributed by atoms with E-state index in [0.717, 1.165) is 0 Å². The Morgan fingerprint density at radius 3 is 2.70 bits per heavy atom. The van der Waals surface area contributed by atoms with Gasteiger partial charge in [-0.2, -0.15) is 0 Å². The van der Waals surface area contributed by atoms with Crippen LogP contribution in [0.4, 0.5) is 0 Å². The van der Waals surface area contributed by atoms with Gasteiger partial charge in [0.2, 0.25) is 0 Å². The molecule has 0 aliphatic carbocycles. The van der Waals surface area contributed by atoms with E-state index in [2.05, 4.69) is 12.2 Å². The third-order valence-electron chi connectivity index (χ3n) is 1.10. The molecule has 0 aromatic carbocycles. The Labute approximate surface area is 63.6 Å². The van der Waals surface area contributed by atoms with Crippen LogP contribution in [-0.2, 0) is 0 Å². The molecule has 1 aromatic rings. The highest BCUT2D eigenvalue weighted by molar-refractivity contribution is 7.80. The molecule has 0 saturated heterocycles. The average Bonchev–Trinajstić information content (AvgIpc) is 1.88. The van der Waals surface area contributed by atoms with Gasteiger partial charge in [0.15, 0.2) is 5.11 Å². The maximum absolute atomic E-state index is 7.30. The Hall–Kier alpha value is -1.16. The first kappa shape index (κ1) is 6.95. The van der Waals surface area contributed by atoms with Gasteiger partial charge < -0.3 is 5.73 Å². The number of nitrogens with two attached hydrogens (primary N) is 1. The number of rotatable bonds is 0. The first-order chi connectivity index (χ1) is 4.72. The number of pyridine rings is 1. The summed E-state index contributed by atoms with van der Waals surface area (Å²) >= 11 is 4.67. The minimum Gasteiger partial charge on any atom is -0.376 e.